The van der Waals surface area contributed by atoms with Gasteiger partial charge in [0.1, 0.15) is 30.7 Å². The SMILES string of the molecule is N#Cc1c[nH]c2nc(Nc3ccc(C(=O)N4CC(CO)(CO)C4)c4c3OCCO4)nc(NCC3CCC3)c12. The molecule has 2 aliphatic heterocycles. The summed E-state index contributed by atoms with van der Waals surface area (Å²) in [5.41, 5.74) is 1.21. The molecule has 12 heteroatoms. The molecule has 1 aliphatic carbocycles. The van der Waals surface area contributed by atoms with Gasteiger partial charge in [-0.15, -0.1) is 0 Å². The molecule has 2 fully saturated rings. The number of likely N-dealkylation sites (tertiary alicyclic amines) is 1. The zero-order chi connectivity index (χ0) is 26.3. The standard InChI is InChI=1S/C26H29N7O5/c27-8-16-10-29-23-19(16)22(28-9-15-2-1-3-15)31-25(32-23)30-18-5-4-17(20-21(18)38-7-6-37-20)24(36)33-11-26(12-33,13-34)14-35/h4-5,10,15,34-35H,1-3,6-7,9,11-14H2,(H3,28,29,30,31,32). The number of nitriles is 1. The highest BCUT2D eigenvalue weighted by Gasteiger charge is 2.45. The Hall–Kier alpha value is -4.08. The van der Waals surface area contributed by atoms with Gasteiger partial charge in [0.25, 0.3) is 5.91 Å². The molecule has 6 rings (SSSR count). The fourth-order valence-electron chi connectivity index (χ4n) is 5.09. The van der Waals surface area contributed by atoms with Crippen molar-refractivity contribution in [3.8, 4) is 17.6 Å². The lowest BCUT2D eigenvalue weighted by Gasteiger charge is -2.48. The van der Waals surface area contributed by atoms with E-state index in [9.17, 15) is 20.3 Å². The van der Waals surface area contributed by atoms with Gasteiger partial charge in [0.15, 0.2) is 11.5 Å². The number of ether oxygens (including phenoxy) is 2. The van der Waals surface area contributed by atoms with E-state index < -0.39 is 5.41 Å². The minimum Gasteiger partial charge on any atom is -0.485 e. The van der Waals surface area contributed by atoms with E-state index in [0.29, 0.717) is 70.2 Å². The molecule has 1 saturated heterocycles. The average molecular weight is 520 g/mol. The van der Waals surface area contributed by atoms with E-state index in [1.165, 1.54) is 19.3 Å². The predicted octanol–water partition coefficient (Wildman–Crippen LogP) is 1.98. The number of aliphatic hydroxyl groups is 2. The van der Waals surface area contributed by atoms with E-state index in [1.807, 2.05) is 0 Å². The summed E-state index contributed by atoms with van der Waals surface area (Å²) < 4.78 is 11.8. The van der Waals surface area contributed by atoms with Crippen LogP contribution in [0.2, 0.25) is 0 Å². The quantitative estimate of drug-likeness (QED) is 0.297. The summed E-state index contributed by atoms with van der Waals surface area (Å²) in [4.78, 5) is 27.1. The fourth-order valence-corrected chi connectivity index (χ4v) is 5.09. The van der Waals surface area contributed by atoms with Gasteiger partial charge in [0.05, 0.1) is 40.8 Å². The van der Waals surface area contributed by atoms with Crippen LogP contribution in [0.15, 0.2) is 18.3 Å². The Bertz CT molecular complexity index is 1420. The maximum atomic E-state index is 13.2. The van der Waals surface area contributed by atoms with E-state index in [0.717, 1.165) is 6.54 Å². The van der Waals surface area contributed by atoms with Crippen molar-refractivity contribution >= 4 is 34.4 Å². The smallest absolute Gasteiger partial charge is 0.257 e. The Balaban J connectivity index is 1.29. The van der Waals surface area contributed by atoms with E-state index >= 15 is 0 Å². The molecule has 1 amide bonds. The summed E-state index contributed by atoms with van der Waals surface area (Å²) in [5.74, 6) is 1.92. The van der Waals surface area contributed by atoms with Crippen molar-refractivity contribution in [2.45, 2.75) is 19.3 Å². The Labute approximate surface area is 218 Å². The number of fused-ring (bicyclic) bond motifs is 2. The van der Waals surface area contributed by atoms with Gasteiger partial charge in [0, 0.05) is 25.8 Å². The maximum absolute atomic E-state index is 13.2. The van der Waals surface area contributed by atoms with Gasteiger partial charge >= 0.3 is 0 Å². The Kier molecular flexibility index (Phi) is 6.17. The van der Waals surface area contributed by atoms with E-state index in [1.54, 1.807) is 23.2 Å². The first-order chi connectivity index (χ1) is 18.5. The highest BCUT2D eigenvalue weighted by molar-refractivity contribution is 6.00. The van der Waals surface area contributed by atoms with Gasteiger partial charge in [-0.3, -0.25) is 4.79 Å². The number of amides is 1. The molecule has 0 spiro atoms. The van der Waals surface area contributed by atoms with Crippen LogP contribution in [-0.4, -0.2) is 82.0 Å². The third kappa shape index (κ3) is 4.13. The average Bonchev–Trinajstić information content (AvgIpc) is 3.31. The lowest BCUT2D eigenvalue weighted by atomic mass is 9.81. The maximum Gasteiger partial charge on any atom is 0.257 e. The number of aromatic nitrogens is 3. The van der Waals surface area contributed by atoms with Crippen LogP contribution >= 0.6 is 0 Å². The molecule has 5 N–H and O–H groups in total. The molecule has 0 bridgehead atoms. The number of benzene rings is 1. The van der Waals surface area contributed by atoms with Gasteiger partial charge in [-0.2, -0.15) is 15.2 Å². The molecule has 3 aromatic rings. The van der Waals surface area contributed by atoms with Crippen LogP contribution in [0.4, 0.5) is 17.5 Å². The molecule has 2 aromatic heterocycles. The molecule has 1 saturated carbocycles. The number of nitrogens with one attached hydrogen (secondary N) is 3. The van der Waals surface area contributed by atoms with Crippen LogP contribution in [-0.2, 0) is 0 Å². The second-order valence-electron chi connectivity index (χ2n) is 10.2. The number of rotatable bonds is 8. The van der Waals surface area contributed by atoms with Crippen molar-refractivity contribution in [2.24, 2.45) is 11.3 Å². The first-order valence-electron chi connectivity index (χ1n) is 12.8. The van der Waals surface area contributed by atoms with Crippen molar-refractivity contribution in [3.63, 3.8) is 0 Å². The number of H-pyrrole nitrogens is 1. The minimum atomic E-state index is -0.668. The van der Waals surface area contributed by atoms with Crippen molar-refractivity contribution in [3.05, 3.63) is 29.5 Å². The zero-order valence-corrected chi connectivity index (χ0v) is 20.8. The summed E-state index contributed by atoms with van der Waals surface area (Å²) in [7, 11) is 0. The van der Waals surface area contributed by atoms with E-state index in [2.05, 4.69) is 31.7 Å². The highest BCUT2D eigenvalue weighted by atomic mass is 16.6. The summed E-state index contributed by atoms with van der Waals surface area (Å²) in [6, 6.07) is 5.57. The van der Waals surface area contributed by atoms with Crippen molar-refractivity contribution in [2.75, 3.05) is 56.7 Å². The van der Waals surface area contributed by atoms with Crippen molar-refractivity contribution in [1.82, 2.24) is 19.9 Å². The van der Waals surface area contributed by atoms with Gasteiger partial charge in [-0.1, -0.05) is 6.42 Å². The van der Waals surface area contributed by atoms with Crippen molar-refractivity contribution < 1.29 is 24.5 Å². The van der Waals surface area contributed by atoms with Crippen molar-refractivity contribution in [1.29, 1.82) is 5.26 Å². The van der Waals surface area contributed by atoms with Crippen LogP contribution < -0.4 is 20.1 Å². The minimum absolute atomic E-state index is 0.188. The predicted molar refractivity (Wildman–Crippen MR) is 138 cm³/mol. The van der Waals surface area contributed by atoms with Crippen LogP contribution in [0.1, 0.15) is 35.2 Å². The second kappa shape index (κ2) is 9.66. The molecule has 38 heavy (non-hydrogen) atoms. The molecule has 3 aliphatic rings. The fraction of sp³-hybridized carbons (Fsp3) is 0.462. The number of nitrogens with zero attached hydrogens (tertiary/aromatic N) is 4. The number of hydrogen-bond donors (Lipinski definition) is 5. The first-order valence-corrected chi connectivity index (χ1v) is 12.8. The summed E-state index contributed by atoms with van der Waals surface area (Å²) in [6.45, 7) is 1.54. The molecule has 198 valence electrons. The number of carbonyl (C=O) groups is 1. The number of aromatic amines is 1. The topological polar surface area (TPSA) is 169 Å². The Morgan fingerprint density at radius 3 is 2.63 bits per heavy atom. The first kappa shape index (κ1) is 24.3. The van der Waals surface area contributed by atoms with Crippen LogP contribution in [0.3, 0.4) is 0 Å². The summed E-state index contributed by atoms with van der Waals surface area (Å²) >= 11 is 0. The molecule has 1 aromatic carbocycles. The third-order valence-electron chi connectivity index (χ3n) is 7.61. The van der Waals surface area contributed by atoms with Gasteiger partial charge in [-0.05, 0) is 30.9 Å². The lowest BCUT2D eigenvalue weighted by Crippen LogP contribution is -2.62. The number of hydrogen-bond acceptors (Lipinski definition) is 10. The normalized spacial score (nSPS) is 17.9. The molecular formula is C26H29N7O5. The van der Waals surface area contributed by atoms with Crippen LogP contribution in [0, 0.1) is 22.7 Å². The zero-order valence-electron chi connectivity index (χ0n) is 20.8. The molecule has 4 heterocycles. The van der Waals surface area contributed by atoms with Gasteiger partial charge in [-0.25, -0.2) is 0 Å². The van der Waals surface area contributed by atoms with E-state index in [4.69, 9.17) is 9.47 Å². The molecule has 12 nitrogen and oxygen atoms in total. The van der Waals surface area contributed by atoms with E-state index in [-0.39, 0.29) is 32.2 Å². The monoisotopic (exact) mass is 519 g/mol. The Morgan fingerprint density at radius 2 is 1.95 bits per heavy atom. The summed E-state index contributed by atoms with van der Waals surface area (Å²) in [5, 5.41) is 35.9. The van der Waals surface area contributed by atoms with Gasteiger partial charge < -0.3 is 40.2 Å². The third-order valence-corrected chi connectivity index (χ3v) is 7.61. The molecular weight excluding hydrogens is 490 g/mol. The summed E-state index contributed by atoms with van der Waals surface area (Å²) in [6.07, 6.45) is 5.21. The highest BCUT2D eigenvalue weighted by Crippen LogP contribution is 2.43. The second-order valence-corrected chi connectivity index (χ2v) is 10.2. The molecule has 0 atom stereocenters. The van der Waals surface area contributed by atoms with Crippen LogP contribution in [0.25, 0.3) is 11.0 Å². The number of anilines is 3. The molecule has 0 unspecified atom stereocenters. The van der Waals surface area contributed by atoms with Crippen LogP contribution in [0.5, 0.6) is 11.5 Å². The lowest BCUT2D eigenvalue weighted by molar-refractivity contribution is -0.0590. The molecule has 0 radical (unpaired) electrons. The van der Waals surface area contributed by atoms with Gasteiger partial charge in [0.2, 0.25) is 5.95 Å². The Morgan fingerprint density at radius 1 is 1.18 bits per heavy atom. The largest absolute Gasteiger partial charge is 0.485 e. The number of aliphatic hydroxyl groups excluding tert-OH is 2. The number of carbonyl (C=O) groups excluding carboxylic acids is 1.